The van der Waals surface area contributed by atoms with Crippen molar-refractivity contribution < 1.29 is 9.90 Å². The molecule has 2 rings (SSSR count). The van der Waals surface area contributed by atoms with Crippen LogP contribution in [0.1, 0.15) is 31.2 Å². The fourth-order valence-electron chi connectivity index (χ4n) is 2.55. The first-order valence-electron chi connectivity index (χ1n) is 6.57. The number of primary amides is 1. The van der Waals surface area contributed by atoms with Crippen molar-refractivity contribution in [2.24, 2.45) is 11.7 Å². The molecule has 0 radical (unpaired) electrons. The number of nitrogens with two attached hydrogens (primary N) is 1. The number of benzene rings is 1. The molecule has 4 N–H and O–H groups in total. The van der Waals surface area contributed by atoms with Crippen LogP contribution in [0.25, 0.3) is 0 Å². The molecular weight excluding hydrogens is 264 g/mol. The minimum atomic E-state index is -0.192. The third-order valence-corrected chi connectivity index (χ3v) is 4.15. The second kappa shape index (κ2) is 6.26. The van der Waals surface area contributed by atoms with Gasteiger partial charge in [-0.25, -0.2) is 0 Å². The van der Waals surface area contributed by atoms with E-state index < -0.39 is 0 Å². The lowest BCUT2D eigenvalue weighted by atomic mass is 9.85. The first-order valence-corrected chi connectivity index (χ1v) is 6.94. The number of hydrogen-bond donors (Lipinski definition) is 3. The molecule has 1 aliphatic carbocycles. The number of phenols is 1. The quantitative estimate of drug-likeness (QED) is 0.792. The summed E-state index contributed by atoms with van der Waals surface area (Å²) >= 11 is 6.05. The standard InChI is InChI=1S/C14H19ClN2O2/c15-12-2-1-3-13(18)11(12)8-17-10-6-4-9(5-7-10)14(16)19/h1-3,9-10,17-18H,4-8H2,(H2,16,19). The van der Waals surface area contributed by atoms with Crippen LogP contribution in [0.2, 0.25) is 5.02 Å². The smallest absolute Gasteiger partial charge is 0.220 e. The molecule has 19 heavy (non-hydrogen) atoms. The van der Waals surface area contributed by atoms with Crippen molar-refractivity contribution in [3.63, 3.8) is 0 Å². The highest BCUT2D eigenvalue weighted by Crippen LogP contribution is 2.27. The number of halogens is 1. The Morgan fingerprint density at radius 1 is 1.37 bits per heavy atom. The Hall–Kier alpha value is -1.26. The van der Waals surface area contributed by atoms with E-state index in [1.165, 1.54) is 0 Å². The molecular formula is C14H19ClN2O2. The molecule has 1 aromatic carbocycles. The molecule has 0 unspecified atom stereocenters. The molecule has 1 aromatic rings. The number of rotatable bonds is 4. The maximum atomic E-state index is 11.1. The van der Waals surface area contributed by atoms with Gasteiger partial charge < -0.3 is 16.2 Å². The third kappa shape index (κ3) is 3.61. The van der Waals surface area contributed by atoms with Crippen molar-refractivity contribution >= 4 is 17.5 Å². The van der Waals surface area contributed by atoms with Gasteiger partial charge in [-0.3, -0.25) is 4.79 Å². The van der Waals surface area contributed by atoms with Gasteiger partial charge in [0.15, 0.2) is 0 Å². The van der Waals surface area contributed by atoms with E-state index in [4.69, 9.17) is 17.3 Å². The Morgan fingerprint density at radius 3 is 2.63 bits per heavy atom. The molecule has 0 saturated heterocycles. The molecule has 0 aliphatic heterocycles. The Balaban J connectivity index is 1.86. The molecule has 1 fully saturated rings. The molecule has 104 valence electrons. The summed E-state index contributed by atoms with van der Waals surface area (Å²) in [6.07, 6.45) is 3.53. The zero-order chi connectivity index (χ0) is 13.8. The fraction of sp³-hybridized carbons (Fsp3) is 0.500. The van der Waals surface area contributed by atoms with Crippen LogP contribution in [-0.4, -0.2) is 17.1 Å². The van der Waals surface area contributed by atoms with E-state index in [2.05, 4.69) is 5.32 Å². The molecule has 0 heterocycles. The lowest BCUT2D eigenvalue weighted by Gasteiger charge is -2.27. The highest BCUT2D eigenvalue weighted by Gasteiger charge is 2.24. The van der Waals surface area contributed by atoms with E-state index in [1.807, 2.05) is 0 Å². The summed E-state index contributed by atoms with van der Waals surface area (Å²) in [7, 11) is 0. The summed E-state index contributed by atoms with van der Waals surface area (Å²) in [5, 5.41) is 13.7. The summed E-state index contributed by atoms with van der Waals surface area (Å²) in [5.41, 5.74) is 6.03. The fourth-order valence-corrected chi connectivity index (χ4v) is 2.79. The van der Waals surface area contributed by atoms with Crippen LogP contribution < -0.4 is 11.1 Å². The van der Waals surface area contributed by atoms with Gasteiger partial charge in [0.25, 0.3) is 0 Å². The van der Waals surface area contributed by atoms with Crippen LogP contribution in [0.5, 0.6) is 5.75 Å². The van der Waals surface area contributed by atoms with E-state index in [0.29, 0.717) is 17.6 Å². The van der Waals surface area contributed by atoms with Crippen molar-refractivity contribution in [3.8, 4) is 5.75 Å². The summed E-state index contributed by atoms with van der Waals surface area (Å²) < 4.78 is 0. The number of aromatic hydroxyl groups is 1. The normalized spacial score (nSPS) is 23.2. The van der Waals surface area contributed by atoms with Gasteiger partial charge in [0.05, 0.1) is 0 Å². The first-order chi connectivity index (χ1) is 9.08. The number of carbonyl (C=O) groups excluding carboxylic acids is 1. The molecule has 0 bridgehead atoms. The van der Waals surface area contributed by atoms with Crippen LogP contribution in [0.15, 0.2) is 18.2 Å². The van der Waals surface area contributed by atoms with Crippen molar-refractivity contribution in [1.82, 2.24) is 5.32 Å². The van der Waals surface area contributed by atoms with Crippen LogP contribution in [-0.2, 0) is 11.3 Å². The van der Waals surface area contributed by atoms with Crippen molar-refractivity contribution in [1.29, 1.82) is 0 Å². The average molecular weight is 283 g/mol. The van der Waals surface area contributed by atoms with Gasteiger partial charge in [0, 0.05) is 29.1 Å². The zero-order valence-corrected chi connectivity index (χ0v) is 11.5. The highest BCUT2D eigenvalue weighted by atomic mass is 35.5. The molecule has 0 atom stereocenters. The number of carbonyl (C=O) groups is 1. The van der Waals surface area contributed by atoms with Gasteiger partial charge in [-0.1, -0.05) is 17.7 Å². The van der Waals surface area contributed by atoms with Crippen molar-refractivity contribution in [2.75, 3.05) is 0 Å². The lowest BCUT2D eigenvalue weighted by molar-refractivity contribution is -0.122. The Bertz CT molecular complexity index is 437. The van der Waals surface area contributed by atoms with E-state index in [0.717, 1.165) is 31.2 Å². The van der Waals surface area contributed by atoms with Crippen LogP contribution >= 0.6 is 11.6 Å². The molecule has 5 heteroatoms. The third-order valence-electron chi connectivity index (χ3n) is 3.79. The molecule has 0 spiro atoms. The molecule has 1 amide bonds. The van der Waals surface area contributed by atoms with Crippen LogP contribution in [0.4, 0.5) is 0 Å². The van der Waals surface area contributed by atoms with Gasteiger partial charge in [-0.15, -0.1) is 0 Å². The van der Waals surface area contributed by atoms with E-state index in [-0.39, 0.29) is 17.6 Å². The molecule has 1 saturated carbocycles. The van der Waals surface area contributed by atoms with E-state index in [9.17, 15) is 9.90 Å². The predicted octanol–water partition coefficient (Wildman–Crippen LogP) is 2.18. The second-order valence-corrected chi connectivity index (χ2v) is 5.48. The SMILES string of the molecule is NC(=O)C1CCC(NCc2c(O)cccc2Cl)CC1. The van der Waals surface area contributed by atoms with E-state index >= 15 is 0 Å². The maximum absolute atomic E-state index is 11.1. The average Bonchev–Trinajstić information content (AvgIpc) is 2.38. The van der Waals surface area contributed by atoms with Crippen molar-refractivity contribution in [2.45, 2.75) is 38.3 Å². The maximum Gasteiger partial charge on any atom is 0.220 e. The highest BCUT2D eigenvalue weighted by molar-refractivity contribution is 6.31. The summed E-state index contributed by atoms with van der Waals surface area (Å²) in [6.45, 7) is 0.539. The minimum absolute atomic E-state index is 0.0202. The Morgan fingerprint density at radius 2 is 2.05 bits per heavy atom. The monoisotopic (exact) mass is 282 g/mol. The van der Waals surface area contributed by atoms with Crippen LogP contribution in [0.3, 0.4) is 0 Å². The predicted molar refractivity (Wildman–Crippen MR) is 74.9 cm³/mol. The minimum Gasteiger partial charge on any atom is -0.508 e. The molecule has 4 nitrogen and oxygen atoms in total. The van der Waals surface area contributed by atoms with Gasteiger partial charge in [-0.2, -0.15) is 0 Å². The summed E-state index contributed by atoms with van der Waals surface area (Å²) in [6, 6.07) is 5.47. The zero-order valence-electron chi connectivity index (χ0n) is 10.7. The van der Waals surface area contributed by atoms with Gasteiger partial charge >= 0.3 is 0 Å². The number of amides is 1. The number of phenolic OH excluding ortho intramolecular Hbond substituents is 1. The Kier molecular flexibility index (Phi) is 4.66. The molecule has 1 aliphatic rings. The second-order valence-electron chi connectivity index (χ2n) is 5.07. The lowest BCUT2D eigenvalue weighted by Crippen LogP contribution is -2.36. The first kappa shape index (κ1) is 14.2. The molecule has 0 aromatic heterocycles. The largest absolute Gasteiger partial charge is 0.508 e. The summed E-state index contributed by atoms with van der Waals surface area (Å²) in [5.74, 6) is 0.0415. The van der Waals surface area contributed by atoms with Gasteiger partial charge in [0.2, 0.25) is 5.91 Å². The Labute approximate surface area is 117 Å². The topological polar surface area (TPSA) is 75.4 Å². The van der Waals surface area contributed by atoms with E-state index in [1.54, 1.807) is 18.2 Å². The van der Waals surface area contributed by atoms with Gasteiger partial charge in [0.1, 0.15) is 5.75 Å². The number of hydrogen-bond acceptors (Lipinski definition) is 3. The van der Waals surface area contributed by atoms with Crippen molar-refractivity contribution in [3.05, 3.63) is 28.8 Å². The summed E-state index contributed by atoms with van der Waals surface area (Å²) in [4.78, 5) is 11.1. The number of nitrogens with one attached hydrogen (secondary N) is 1. The van der Waals surface area contributed by atoms with Gasteiger partial charge in [-0.05, 0) is 37.8 Å². The van der Waals surface area contributed by atoms with Crippen LogP contribution in [0, 0.1) is 5.92 Å².